The zero-order valence-electron chi connectivity index (χ0n) is 11.1. The lowest BCUT2D eigenvalue weighted by molar-refractivity contribution is -0.217. The Morgan fingerprint density at radius 2 is 1.60 bits per heavy atom. The molecule has 0 aromatic carbocycles. The second kappa shape index (κ2) is 6.15. The summed E-state index contributed by atoms with van der Waals surface area (Å²) in [5.74, 6) is 0. The van der Waals surface area contributed by atoms with Gasteiger partial charge in [0.25, 0.3) is 0 Å². The van der Waals surface area contributed by atoms with Crippen molar-refractivity contribution in [3.63, 3.8) is 0 Å². The first-order valence-electron chi connectivity index (χ1n) is 5.92. The van der Waals surface area contributed by atoms with Gasteiger partial charge in [0.2, 0.25) is 0 Å². The van der Waals surface area contributed by atoms with Crippen LogP contribution in [0.4, 0.5) is 0 Å². The summed E-state index contributed by atoms with van der Waals surface area (Å²) in [6, 6.07) is 0. The van der Waals surface area contributed by atoms with Crippen LogP contribution in [0.1, 0.15) is 26.7 Å². The summed E-state index contributed by atoms with van der Waals surface area (Å²) in [5.41, 5.74) is 0. The van der Waals surface area contributed by atoms with Crippen LogP contribution in [-0.4, -0.2) is 34.2 Å². The van der Waals surface area contributed by atoms with Gasteiger partial charge in [-0.25, -0.2) is 0 Å². The van der Waals surface area contributed by atoms with Crippen LogP contribution in [0.3, 0.4) is 0 Å². The number of rotatable bonds is 7. The monoisotopic (exact) mass is 246 g/mol. The van der Waals surface area contributed by atoms with Gasteiger partial charge < -0.3 is 14.0 Å². The molecule has 0 rings (SSSR count). The van der Waals surface area contributed by atoms with E-state index >= 15 is 0 Å². The Kier molecular flexibility index (Phi) is 6.28. The highest BCUT2D eigenvalue weighted by Gasteiger charge is 2.24. The lowest BCUT2D eigenvalue weighted by Gasteiger charge is -2.58. The van der Waals surface area contributed by atoms with Crippen LogP contribution in [0.25, 0.3) is 4.98 Å². The molecular weight excluding hydrogens is 220 g/mol. The zero-order chi connectivity index (χ0) is 12.1. The van der Waals surface area contributed by atoms with Gasteiger partial charge in [0, 0.05) is 8.48 Å². The third-order valence-corrected chi connectivity index (χ3v) is 9.80. The molecule has 0 aliphatic rings. The fourth-order valence-corrected chi connectivity index (χ4v) is 9.85. The topological polar surface area (TPSA) is 40.4 Å². The van der Waals surface area contributed by atoms with Crippen LogP contribution in [0.5, 0.6) is 0 Å². The molecule has 0 radical (unpaired) electrons. The van der Waals surface area contributed by atoms with Crippen molar-refractivity contribution in [2.24, 2.45) is 0 Å². The molecule has 0 aromatic heterocycles. The zero-order valence-corrected chi connectivity index (χ0v) is 13.1. The molecule has 0 bridgehead atoms. The van der Waals surface area contributed by atoms with Gasteiger partial charge >= 0.3 is 0 Å². The Balaban J connectivity index is 4.58. The Morgan fingerprint density at radius 3 is 1.93 bits per heavy atom. The molecule has 0 N–H and O–H groups in total. The maximum atomic E-state index is 12.2. The van der Waals surface area contributed by atoms with E-state index in [1.165, 1.54) is 0 Å². The normalized spacial score (nSPS) is 13.6. The van der Waals surface area contributed by atoms with Crippen molar-refractivity contribution in [2.75, 3.05) is 13.1 Å². The molecule has 15 heavy (non-hydrogen) atoms. The quantitative estimate of drug-likeness (QED) is 0.647. The summed E-state index contributed by atoms with van der Waals surface area (Å²) in [6.45, 7) is 14.3. The van der Waals surface area contributed by atoms with Crippen molar-refractivity contribution in [3.8, 4) is 0 Å². The van der Waals surface area contributed by atoms with E-state index in [2.05, 4.69) is 31.2 Å². The van der Waals surface area contributed by atoms with Crippen LogP contribution in [0, 0.1) is 0 Å². The lowest BCUT2D eigenvalue weighted by atomic mass is 10.5. The average Bonchev–Trinajstić information content (AvgIpc) is 2.09. The summed E-state index contributed by atoms with van der Waals surface area (Å²) in [6.07, 6.45) is 2.13. The Hall–Kier alpha value is 0.314. The van der Waals surface area contributed by atoms with E-state index in [1.807, 2.05) is 13.1 Å². The van der Waals surface area contributed by atoms with Crippen LogP contribution in [0.15, 0.2) is 0 Å². The molecule has 0 saturated heterocycles. The van der Waals surface area contributed by atoms with Crippen molar-refractivity contribution in [2.45, 2.75) is 52.9 Å². The third kappa shape index (κ3) is 5.26. The van der Waals surface area contributed by atoms with E-state index in [4.69, 9.17) is 4.98 Å². The Bertz CT molecular complexity index is 181. The predicted octanol–water partition coefficient (Wildman–Crippen LogP) is 2.25. The molecule has 0 aliphatic heterocycles. The minimum absolute atomic E-state index is 0.907. The summed E-state index contributed by atoms with van der Waals surface area (Å²) in [5, 5.41) is 0. The summed E-state index contributed by atoms with van der Waals surface area (Å²) in [7, 11) is -4.24. The smallest absolute Gasteiger partial charge is 0.0130 e. The minimum Gasteiger partial charge on any atom is -0.848 e. The van der Waals surface area contributed by atoms with Crippen molar-refractivity contribution in [1.82, 2.24) is 4.23 Å². The van der Waals surface area contributed by atoms with Crippen molar-refractivity contribution >= 4 is 16.9 Å². The summed E-state index contributed by atoms with van der Waals surface area (Å²) in [4.78, 5) is 17.0. The van der Waals surface area contributed by atoms with Crippen LogP contribution < -0.4 is 4.80 Å². The van der Waals surface area contributed by atoms with E-state index in [0.29, 0.717) is 0 Å². The van der Waals surface area contributed by atoms with Gasteiger partial charge in [0.1, 0.15) is 0 Å². The molecule has 0 atom stereocenters. The molecule has 92 valence electrons. The molecule has 0 amide bonds. The van der Waals surface area contributed by atoms with Crippen molar-refractivity contribution in [1.29, 1.82) is 0 Å². The van der Waals surface area contributed by atoms with Gasteiger partial charge in [-0.3, -0.25) is 0 Å². The molecular formula is C10H26N2OSi2-2. The predicted molar refractivity (Wildman–Crippen MR) is 70.5 cm³/mol. The van der Waals surface area contributed by atoms with Crippen LogP contribution in [-0.2, 0) is 0 Å². The molecule has 0 saturated carbocycles. The van der Waals surface area contributed by atoms with Gasteiger partial charge in [-0.05, 0) is 21.4 Å². The van der Waals surface area contributed by atoms with Gasteiger partial charge in [-0.1, -0.05) is 46.5 Å². The van der Waals surface area contributed by atoms with E-state index in [9.17, 15) is 4.80 Å². The molecule has 0 heterocycles. The number of hydrogen-bond acceptors (Lipinski definition) is 2. The first kappa shape index (κ1) is 15.3. The van der Waals surface area contributed by atoms with E-state index < -0.39 is 16.9 Å². The Morgan fingerprint density at radius 1 is 1.07 bits per heavy atom. The van der Waals surface area contributed by atoms with Crippen molar-refractivity contribution < 1.29 is 4.80 Å². The van der Waals surface area contributed by atoms with Gasteiger partial charge in [0.05, 0.1) is 0 Å². The largest absolute Gasteiger partial charge is 0.848 e. The molecule has 0 aromatic rings. The van der Waals surface area contributed by atoms with E-state index in [-0.39, 0.29) is 0 Å². The fraction of sp³-hybridized carbons (Fsp3) is 1.00. The maximum Gasteiger partial charge on any atom is 0.0130 e. The molecule has 3 nitrogen and oxygen atoms in total. The van der Waals surface area contributed by atoms with Crippen molar-refractivity contribution in [3.05, 3.63) is 4.98 Å². The maximum absolute atomic E-state index is 12.2. The second-order valence-electron chi connectivity index (χ2n) is 4.97. The third-order valence-electron chi connectivity index (χ3n) is 2.48. The molecule has 0 unspecified atom stereocenters. The van der Waals surface area contributed by atoms with Gasteiger partial charge in [0.15, 0.2) is 0 Å². The van der Waals surface area contributed by atoms with Crippen LogP contribution >= 0.6 is 0 Å². The van der Waals surface area contributed by atoms with Crippen LogP contribution in [0.2, 0.25) is 26.2 Å². The molecule has 0 spiro atoms. The summed E-state index contributed by atoms with van der Waals surface area (Å²) >= 11 is 0. The summed E-state index contributed by atoms with van der Waals surface area (Å²) < 4.78 is 2.22. The van der Waals surface area contributed by atoms with E-state index in [0.717, 1.165) is 25.9 Å². The first-order valence-corrected chi connectivity index (χ1v) is 11.7. The molecule has 5 heteroatoms. The average molecular weight is 247 g/mol. The fourth-order valence-electron chi connectivity index (χ4n) is 1.90. The SMILES string of the molecule is CCC[N-][Si](C)(C)N(CCC)[Si](C)(C)[O-]. The van der Waals surface area contributed by atoms with E-state index in [1.54, 1.807) is 0 Å². The number of nitrogens with zero attached hydrogens (tertiary/aromatic N) is 2. The van der Waals surface area contributed by atoms with Gasteiger partial charge in [-0.2, -0.15) is 0 Å². The molecule has 0 aliphatic carbocycles. The first-order chi connectivity index (χ1) is 6.75. The lowest BCUT2D eigenvalue weighted by Crippen LogP contribution is -2.68. The standard InChI is InChI=1S/C10H26N2OSi2/c1-7-9-11-14(3,4)12(10-8-2)15(5,6)13/h7-10H2,1-6H3/q-2. The highest BCUT2D eigenvalue weighted by atomic mass is 28.4. The minimum atomic E-state index is -2.44. The highest BCUT2D eigenvalue weighted by Crippen LogP contribution is 2.21. The number of hydrogen-bond donors (Lipinski definition) is 0. The highest BCUT2D eigenvalue weighted by molar-refractivity contribution is 6.89. The Labute approximate surface area is 97.3 Å². The molecule has 0 fully saturated rings. The van der Waals surface area contributed by atoms with Gasteiger partial charge in [-0.15, -0.1) is 6.54 Å². The second-order valence-corrected chi connectivity index (χ2v) is 12.7.